The molecule has 0 aromatic carbocycles. The molecule has 1 aliphatic carbocycles. The molecule has 0 aromatic heterocycles. The van der Waals surface area contributed by atoms with Gasteiger partial charge in [-0.1, -0.05) is 6.92 Å². The van der Waals surface area contributed by atoms with Gasteiger partial charge in [0.2, 0.25) is 5.91 Å². The molecular weight excluding hydrogens is 166 g/mol. The highest BCUT2D eigenvalue weighted by Gasteiger charge is 2.34. The number of hydrogen-bond acceptors (Lipinski definition) is 2. The van der Waals surface area contributed by atoms with Crippen molar-refractivity contribution in [3.8, 4) is 0 Å². The Hall–Kier alpha value is -0.570. The summed E-state index contributed by atoms with van der Waals surface area (Å²) in [6.45, 7) is 5.20. The predicted molar refractivity (Wildman–Crippen MR) is 51.2 cm³/mol. The van der Waals surface area contributed by atoms with Crippen molar-refractivity contribution in [2.75, 3.05) is 19.7 Å². The molecule has 0 aliphatic heterocycles. The molecule has 76 valence electrons. The van der Waals surface area contributed by atoms with Crippen molar-refractivity contribution in [3.63, 3.8) is 0 Å². The molecule has 0 saturated heterocycles. The van der Waals surface area contributed by atoms with Crippen molar-refractivity contribution in [1.29, 1.82) is 0 Å². The zero-order valence-electron chi connectivity index (χ0n) is 8.49. The van der Waals surface area contributed by atoms with Gasteiger partial charge in [-0.15, -0.1) is 0 Å². The lowest BCUT2D eigenvalue weighted by molar-refractivity contribution is -0.135. The summed E-state index contributed by atoms with van der Waals surface area (Å²) in [6, 6.07) is 0. The number of nitrogens with zero attached hydrogens (tertiary/aromatic N) is 1. The van der Waals surface area contributed by atoms with Crippen LogP contribution in [-0.4, -0.2) is 35.6 Å². The molecule has 0 aromatic rings. The molecule has 3 heteroatoms. The molecule has 0 spiro atoms. The van der Waals surface area contributed by atoms with E-state index >= 15 is 0 Å². The molecule has 13 heavy (non-hydrogen) atoms. The van der Waals surface area contributed by atoms with Crippen LogP contribution in [0.15, 0.2) is 0 Å². The largest absolute Gasteiger partial charge is 0.395 e. The fourth-order valence-electron chi connectivity index (χ4n) is 1.63. The molecule has 1 fully saturated rings. The van der Waals surface area contributed by atoms with Gasteiger partial charge < -0.3 is 10.0 Å². The first-order valence-electron chi connectivity index (χ1n) is 5.10. The van der Waals surface area contributed by atoms with Gasteiger partial charge in [-0.25, -0.2) is 0 Å². The molecular formula is C10H19NO2. The van der Waals surface area contributed by atoms with Crippen molar-refractivity contribution in [2.45, 2.75) is 26.7 Å². The molecule has 3 nitrogen and oxygen atoms in total. The number of carbonyl (C=O) groups excluding carboxylic acids is 1. The normalized spacial score (nSPS) is 18.4. The van der Waals surface area contributed by atoms with Crippen molar-refractivity contribution in [1.82, 2.24) is 4.90 Å². The first-order chi connectivity index (χ1) is 6.20. The molecule has 1 amide bonds. The lowest BCUT2D eigenvalue weighted by Crippen LogP contribution is -2.37. The molecule has 1 atom stereocenters. The van der Waals surface area contributed by atoms with Crippen LogP contribution in [0.25, 0.3) is 0 Å². The highest BCUT2D eigenvalue weighted by atomic mass is 16.3. The Labute approximate surface area is 79.7 Å². The third-order valence-electron chi connectivity index (χ3n) is 2.78. The minimum Gasteiger partial charge on any atom is -0.395 e. The van der Waals surface area contributed by atoms with E-state index in [0.717, 1.165) is 0 Å². The highest BCUT2D eigenvalue weighted by Crippen LogP contribution is 2.37. The zero-order chi connectivity index (χ0) is 9.84. The van der Waals surface area contributed by atoms with Gasteiger partial charge in [0.15, 0.2) is 0 Å². The van der Waals surface area contributed by atoms with Crippen LogP contribution >= 0.6 is 0 Å². The number of likely N-dealkylation sites (N-methyl/N-ethyl adjacent to an activating group) is 1. The van der Waals surface area contributed by atoms with Gasteiger partial charge in [-0.2, -0.15) is 0 Å². The third-order valence-corrected chi connectivity index (χ3v) is 2.78. The maximum absolute atomic E-state index is 11.8. The van der Waals surface area contributed by atoms with E-state index in [1.165, 1.54) is 12.8 Å². The number of aliphatic hydroxyl groups excluding tert-OH is 1. The minimum atomic E-state index is 0.0664. The second kappa shape index (κ2) is 4.61. The Morgan fingerprint density at radius 3 is 2.62 bits per heavy atom. The Morgan fingerprint density at radius 1 is 1.62 bits per heavy atom. The first-order valence-corrected chi connectivity index (χ1v) is 5.10. The molecule has 1 saturated carbocycles. The van der Waals surface area contributed by atoms with Gasteiger partial charge >= 0.3 is 0 Å². The van der Waals surface area contributed by atoms with Gasteiger partial charge in [0.05, 0.1) is 6.61 Å². The standard InChI is InChI=1S/C10H19NO2/c1-3-11(6-7-12)10(13)8(2)9-4-5-9/h8-9,12H,3-7H2,1-2H3. The maximum Gasteiger partial charge on any atom is 0.225 e. The molecule has 1 unspecified atom stereocenters. The summed E-state index contributed by atoms with van der Waals surface area (Å²) in [5, 5.41) is 8.76. The van der Waals surface area contributed by atoms with E-state index in [9.17, 15) is 4.79 Å². The number of rotatable bonds is 5. The van der Waals surface area contributed by atoms with Crippen LogP contribution < -0.4 is 0 Å². The van der Waals surface area contributed by atoms with Gasteiger partial charge in [0, 0.05) is 19.0 Å². The van der Waals surface area contributed by atoms with E-state index in [4.69, 9.17) is 5.11 Å². The highest BCUT2D eigenvalue weighted by molar-refractivity contribution is 5.79. The zero-order valence-corrected chi connectivity index (χ0v) is 8.49. The first kappa shape index (κ1) is 10.5. The fraction of sp³-hybridized carbons (Fsp3) is 0.900. The average molecular weight is 185 g/mol. The number of amides is 1. The molecule has 1 N–H and O–H groups in total. The van der Waals surface area contributed by atoms with E-state index in [1.807, 2.05) is 13.8 Å². The van der Waals surface area contributed by atoms with Crippen molar-refractivity contribution < 1.29 is 9.90 Å². The monoisotopic (exact) mass is 185 g/mol. The number of carbonyl (C=O) groups is 1. The average Bonchev–Trinajstić information content (AvgIpc) is 2.95. The van der Waals surface area contributed by atoms with Gasteiger partial charge in [0.25, 0.3) is 0 Å². The predicted octanol–water partition coefficient (Wildman–Crippen LogP) is 0.873. The Bertz CT molecular complexity index is 178. The quantitative estimate of drug-likeness (QED) is 0.690. The fourth-order valence-corrected chi connectivity index (χ4v) is 1.63. The van der Waals surface area contributed by atoms with Crippen LogP contribution in [0.3, 0.4) is 0 Å². The maximum atomic E-state index is 11.8. The van der Waals surface area contributed by atoms with Crippen molar-refractivity contribution in [3.05, 3.63) is 0 Å². The molecule has 1 rings (SSSR count). The van der Waals surface area contributed by atoms with Crippen LogP contribution in [0.4, 0.5) is 0 Å². The summed E-state index contributed by atoms with van der Waals surface area (Å²) in [5.74, 6) is 0.978. The van der Waals surface area contributed by atoms with Crippen molar-refractivity contribution >= 4 is 5.91 Å². The van der Waals surface area contributed by atoms with Crippen LogP contribution in [0, 0.1) is 11.8 Å². The Morgan fingerprint density at radius 2 is 2.23 bits per heavy atom. The van der Waals surface area contributed by atoms with E-state index in [2.05, 4.69) is 0 Å². The smallest absolute Gasteiger partial charge is 0.225 e. The van der Waals surface area contributed by atoms with Gasteiger partial charge in [-0.05, 0) is 25.7 Å². The molecule has 1 aliphatic rings. The number of aliphatic hydroxyl groups is 1. The van der Waals surface area contributed by atoms with Crippen LogP contribution in [0.5, 0.6) is 0 Å². The van der Waals surface area contributed by atoms with E-state index < -0.39 is 0 Å². The molecule has 0 radical (unpaired) electrons. The summed E-state index contributed by atoms with van der Waals surface area (Å²) in [5.41, 5.74) is 0. The van der Waals surface area contributed by atoms with E-state index in [0.29, 0.717) is 19.0 Å². The second-order valence-corrected chi connectivity index (χ2v) is 3.77. The minimum absolute atomic E-state index is 0.0664. The SMILES string of the molecule is CCN(CCO)C(=O)C(C)C1CC1. The van der Waals surface area contributed by atoms with Crippen LogP contribution in [0.1, 0.15) is 26.7 Å². The summed E-state index contributed by atoms with van der Waals surface area (Å²) < 4.78 is 0. The topological polar surface area (TPSA) is 40.5 Å². The van der Waals surface area contributed by atoms with Gasteiger partial charge in [-0.3, -0.25) is 4.79 Å². The van der Waals surface area contributed by atoms with Crippen LogP contribution in [-0.2, 0) is 4.79 Å². The summed E-state index contributed by atoms with van der Waals surface area (Å²) in [6.07, 6.45) is 2.40. The Balaban J connectivity index is 2.41. The number of hydrogen-bond donors (Lipinski definition) is 1. The molecule has 0 bridgehead atoms. The van der Waals surface area contributed by atoms with Crippen LogP contribution in [0.2, 0.25) is 0 Å². The third kappa shape index (κ3) is 2.69. The van der Waals surface area contributed by atoms with E-state index in [1.54, 1.807) is 4.90 Å². The lowest BCUT2D eigenvalue weighted by atomic mass is 10.1. The summed E-state index contributed by atoms with van der Waals surface area (Å²) in [7, 11) is 0. The van der Waals surface area contributed by atoms with Gasteiger partial charge in [0.1, 0.15) is 0 Å². The lowest BCUT2D eigenvalue weighted by Gasteiger charge is -2.23. The molecule has 0 heterocycles. The summed E-state index contributed by atoms with van der Waals surface area (Å²) in [4.78, 5) is 13.5. The summed E-state index contributed by atoms with van der Waals surface area (Å²) >= 11 is 0. The van der Waals surface area contributed by atoms with Crippen molar-refractivity contribution in [2.24, 2.45) is 11.8 Å². The Kier molecular flexibility index (Phi) is 3.72. The second-order valence-electron chi connectivity index (χ2n) is 3.77. The van der Waals surface area contributed by atoms with E-state index in [-0.39, 0.29) is 18.4 Å².